The highest BCUT2D eigenvalue weighted by Gasteiger charge is 2.64. The van der Waals surface area contributed by atoms with E-state index >= 15 is 4.39 Å². The fourth-order valence-electron chi connectivity index (χ4n) is 10.3. The van der Waals surface area contributed by atoms with E-state index in [2.05, 4.69) is 20.4 Å². The van der Waals surface area contributed by atoms with Crippen LogP contribution < -0.4 is 25.2 Å². The summed E-state index contributed by atoms with van der Waals surface area (Å²) >= 11 is 6.23. The Hall–Kier alpha value is -5.52. The van der Waals surface area contributed by atoms with Gasteiger partial charge in [0.1, 0.15) is 29.8 Å². The fourth-order valence-corrected chi connectivity index (χ4v) is 10.5. The van der Waals surface area contributed by atoms with Crippen molar-refractivity contribution >= 4 is 52.5 Å². The number of rotatable bonds is 9. The number of amides is 5. The first-order valence-electron chi connectivity index (χ1n) is 20.6. The molecular weight excluding hydrogens is 789 g/mol. The van der Waals surface area contributed by atoms with Crippen LogP contribution in [0.5, 0.6) is 5.75 Å². The van der Waals surface area contributed by atoms with Gasteiger partial charge in [-0.3, -0.25) is 39.1 Å². The summed E-state index contributed by atoms with van der Waals surface area (Å²) in [6, 6.07) is 15.7. The van der Waals surface area contributed by atoms with E-state index in [4.69, 9.17) is 16.3 Å². The van der Waals surface area contributed by atoms with E-state index in [0.29, 0.717) is 41.0 Å². The van der Waals surface area contributed by atoms with Gasteiger partial charge in [0.15, 0.2) is 0 Å². The lowest BCUT2D eigenvalue weighted by atomic mass is 9.49. The molecule has 0 bridgehead atoms. The maximum Gasteiger partial charge on any atom is 0.262 e. The zero-order valence-corrected chi connectivity index (χ0v) is 35.0. The minimum Gasteiger partial charge on any atom is -0.489 e. The van der Waals surface area contributed by atoms with Gasteiger partial charge < -0.3 is 19.9 Å². The number of nitrogens with zero attached hydrogens (tertiary/aromatic N) is 5. The number of benzene rings is 3. The molecule has 1 aliphatic carbocycles. The Morgan fingerprint density at radius 3 is 2.23 bits per heavy atom. The molecule has 2 N–H and O–H groups in total. The summed E-state index contributed by atoms with van der Waals surface area (Å²) in [6.45, 7) is 13.5. The summed E-state index contributed by atoms with van der Waals surface area (Å²) in [5, 5.41) is 14.9. The van der Waals surface area contributed by atoms with Gasteiger partial charge in [-0.25, -0.2) is 4.39 Å². The second-order valence-corrected chi connectivity index (χ2v) is 18.3. The number of nitriles is 1. The molecule has 4 heterocycles. The molecule has 3 aromatic rings. The van der Waals surface area contributed by atoms with Gasteiger partial charge in [-0.2, -0.15) is 5.26 Å². The highest BCUT2D eigenvalue weighted by atomic mass is 35.5. The van der Waals surface area contributed by atoms with Crippen molar-refractivity contribution in [1.29, 1.82) is 5.26 Å². The van der Waals surface area contributed by atoms with Crippen LogP contribution in [0.2, 0.25) is 5.02 Å². The number of imide groups is 2. The number of anilines is 2. The molecule has 4 aliphatic heterocycles. The molecule has 15 heteroatoms. The van der Waals surface area contributed by atoms with Gasteiger partial charge >= 0.3 is 0 Å². The second kappa shape index (κ2) is 15.8. The second-order valence-electron chi connectivity index (χ2n) is 17.9. The van der Waals surface area contributed by atoms with E-state index in [0.717, 1.165) is 56.2 Å². The topological polar surface area (TPSA) is 155 Å². The lowest BCUT2D eigenvalue weighted by Gasteiger charge is -2.63. The Morgan fingerprint density at radius 2 is 1.58 bits per heavy atom. The van der Waals surface area contributed by atoms with Crippen molar-refractivity contribution in [2.75, 3.05) is 55.6 Å². The molecule has 0 spiro atoms. The highest BCUT2D eigenvalue weighted by molar-refractivity contribution is 6.31. The number of ether oxygens (including phenoxy) is 1. The first kappa shape index (κ1) is 41.2. The number of hydrogen-bond donors (Lipinski definition) is 2. The third kappa shape index (κ3) is 7.47. The Labute approximate surface area is 353 Å². The van der Waals surface area contributed by atoms with Crippen molar-refractivity contribution in [3.8, 4) is 11.8 Å². The smallest absolute Gasteiger partial charge is 0.262 e. The number of carbonyl (C=O) groups excluding carboxylic acids is 5. The standard InChI is InChI=1S/C45H49ClFN7O6/c1-44(2)42(45(3,4)43(44)60-30-8-5-28(24-48)33(46)23-30)50-38(56)27-6-10-35(34(47)21-27)53-19-17-51(18-20-53)25-26-13-15-52(16-14-26)29-7-9-31-32(22-29)41(59)54(40(31)58)36-11-12-37(55)49-39(36)57/h5-10,21-23,26,36,42-43H,11-20,25H2,1-4H3,(H,50,56)(H,49,55,57)/t36?,42-,43-. The van der Waals surface area contributed by atoms with Crippen LogP contribution in [-0.4, -0.2) is 103 Å². The van der Waals surface area contributed by atoms with Crippen molar-refractivity contribution in [2.24, 2.45) is 16.7 Å². The van der Waals surface area contributed by atoms with E-state index in [1.807, 2.05) is 44.7 Å². The van der Waals surface area contributed by atoms with Crippen molar-refractivity contribution in [3.05, 3.63) is 87.7 Å². The molecule has 3 saturated heterocycles. The third-order valence-electron chi connectivity index (χ3n) is 13.3. The van der Waals surface area contributed by atoms with Crippen molar-refractivity contribution < 1.29 is 33.1 Å². The summed E-state index contributed by atoms with van der Waals surface area (Å²) in [5.74, 6) is -1.80. The molecule has 1 saturated carbocycles. The quantitative estimate of drug-likeness (QED) is 0.268. The molecule has 1 atom stereocenters. The summed E-state index contributed by atoms with van der Waals surface area (Å²) in [5.41, 5.74) is 1.62. The van der Waals surface area contributed by atoms with Crippen LogP contribution in [0.3, 0.4) is 0 Å². The van der Waals surface area contributed by atoms with Gasteiger partial charge in [0.2, 0.25) is 11.8 Å². The number of piperidine rings is 2. The van der Waals surface area contributed by atoms with E-state index in [-0.39, 0.29) is 47.6 Å². The largest absolute Gasteiger partial charge is 0.489 e. The highest BCUT2D eigenvalue weighted by Crippen LogP contribution is 2.55. The molecule has 0 aromatic heterocycles. The molecule has 5 aliphatic rings. The maximum absolute atomic E-state index is 15.7. The minimum atomic E-state index is -0.992. The Balaban J connectivity index is 0.805. The van der Waals surface area contributed by atoms with Crippen LogP contribution in [0.25, 0.3) is 0 Å². The molecule has 13 nitrogen and oxygen atoms in total. The predicted molar refractivity (Wildman–Crippen MR) is 223 cm³/mol. The lowest BCUT2D eigenvalue weighted by molar-refractivity contribution is -0.164. The molecule has 8 rings (SSSR count). The van der Waals surface area contributed by atoms with E-state index in [1.165, 1.54) is 6.07 Å². The Bertz CT molecular complexity index is 2300. The predicted octanol–water partition coefficient (Wildman–Crippen LogP) is 5.40. The van der Waals surface area contributed by atoms with Crippen LogP contribution in [0.4, 0.5) is 15.8 Å². The first-order chi connectivity index (χ1) is 28.6. The van der Waals surface area contributed by atoms with Gasteiger partial charge in [0, 0.05) is 86.4 Å². The van der Waals surface area contributed by atoms with Gasteiger partial charge in [-0.15, -0.1) is 0 Å². The van der Waals surface area contributed by atoms with Crippen molar-refractivity contribution in [1.82, 2.24) is 20.4 Å². The van der Waals surface area contributed by atoms with Gasteiger partial charge in [0.05, 0.1) is 27.4 Å². The van der Waals surface area contributed by atoms with Crippen LogP contribution in [0.1, 0.15) is 90.0 Å². The third-order valence-corrected chi connectivity index (χ3v) is 13.6. The zero-order chi connectivity index (χ0) is 42.7. The number of piperazine rings is 1. The van der Waals surface area contributed by atoms with Crippen molar-refractivity contribution in [3.63, 3.8) is 0 Å². The molecule has 4 fully saturated rings. The number of halogens is 2. The number of nitrogens with one attached hydrogen (secondary N) is 2. The van der Waals surface area contributed by atoms with Crippen molar-refractivity contribution in [2.45, 2.75) is 71.6 Å². The SMILES string of the molecule is CC1(C)[C@H](NC(=O)c2ccc(N3CCN(CC4CCN(c5ccc6c(c5)C(=O)N(C5CCC(=O)NC5=O)C6=O)CC4)CC3)c(F)c2)C(C)(C)[C@H]1Oc1ccc(C#N)c(Cl)c1. The normalized spacial score (nSPS) is 24.1. The zero-order valence-electron chi connectivity index (χ0n) is 34.2. The number of carbonyl (C=O) groups is 5. The molecule has 60 heavy (non-hydrogen) atoms. The summed E-state index contributed by atoms with van der Waals surface area (Å²) in [6.07, 6.45) is 1.85. The summed E-state index contributed by atoms with van der Waals surface area (Å²) in [4.78, 5) is 71.7. The van der Waals surface area contributed by atoms with Crippen LogP contribution in [0, 0.1) is 33.9 Å². The van der Waals surface area contributed by atoms with E-state index < -0.39 is 46.3 Å². The molecule has 5 amide bonds. The molecule has 1 unspecified atom stereocenters. The van der Waals surface area contributed by atoms with Crippen LogP contribution >= 0.6 is 11.6 Å². The maximum atomic E-state index is 15.7. The van der Waals surface area contributed by atoms with E-state index in [9.17, 15) is 29.2 Å². The number of hydrogen-bond acceptors (Lipinski definition) is 10. The first-order valence-corrected chi connectivity index (χ1v) is 21.0. The Morgan fingerprint density at radius 1 is 0.883 bits per heavy atom. The van der Waals surface area contributed by atoms with Crippen LogP contribution in [-0.2, 0) is 9.59 Å². The van der Waals surface area contributed by atoms with E-state index in [1.54, 1.807) is 42.5 Å². The molecule has 314 valence electrons. The summed E-state index contributed by atoms with van der Waals surface area (Å²) in [7, 11) is 0. The Kier molecular flexibility index (Phi) is 10.9. The average molecular weight is 838 g/mol. The average Bonchev–Trinajstić information content (AvgIpc) is 3.47. The van der Waals surface area contributed by atoms with Gasteiger partial charge in [-0.1, -0.05) is 39.3 Å². The minimum absolute atomic E-state index is 0.0761. The van der Waals surface area contributed by atoms with Crippen LogP contribution in [0.15, 0.2) is 54.6 Å². The monoisotopic (exact) mass is 837 g/mol. The molecule has 0 radical (unpaired) electrons. The molecule has 3 aromatic carbocycles. The van der Waals surface area contributed by atoms with Gasteiger partial charge in [0.25, 0.3) is 17.7 Å². The van der Waals surface area contributed by atoms with Gasteiger partial charge in [-0.05, 0) is 73.7 Å². The summed E-state index contributed by atoms with van der Waals surface area (Å²) < 4.78 is 22.0. The molecular formula is C45H49ClFN7O6. The fraction of sp³-hybridized carbons (Fsp3) is 0.467. The lowest BCUT2D eigenvalue weighted by Crippen LogP contribution is -2.74. The number of fused-ring (bicyclic) bond motifs is 1.